The Labute approximate surface area is 166 Å². The molecule has 0 aliphatic heterocycles. The highest BCUT2D eigenvalue weighted by molar-refractivity contribution is 7.10. The van der Waals surface area contributed by atoms with Crippen molar-refractivity contribution >= 4 is 40.2 Å². The zero-order valence-electron chi connectivity index (χ0n) is 15.0. The Hall–Kier alpha value is -2.48. The summed E-state index contributed by atoms with van der Waals surface area (Å²) >= 11 is 3.38. The summed E-state index contributed by atoms with van der Waals surface area (Å²) in [5.74, 6) is -0.278. The summed E-state index contributed by atoms with van der Waals surface area (Å²) in [6, 6.07) is 15.1. The summed E-state index contributed by atoms with van der Waals surface area (Å²) < 4.78 is 0. The van der Waals surface area contributed by atoms with Crippen LogP contribution in [0.3, 0.4) is 0 Å². The van der Waals surface area contributed by atoms with Gasteiger partial charge >= 0.3 is 0 Å². The molecule has 0 fully saturated rings. The third-order valence-electron chi connectivity index (χ3n) is 3.92. The summed E-state index contributed by atoms with van der Waals surface area (Å²) in [5, 5.41) is 9.57. The van der Waals surface area contributed by atoms with Gasteiger partial charge in [0.1, 0.15) is 0 Å². The van der Waals surface area contributed by atoms with Gasteiger partial charge in [-0.15, -0.1) is 22.7 Å². The molecule has 0 atom stereocenters. The second kappa shape index (κ2) is 9.45. The van der Waals surface area contributed by atoms with Crippen LogP contribution < -0.4 is 10.6 Å². The number of nitrogens with one attached hydrogen (secondary N) is 2. The van der Waals surface area contributed by atoms with Crippen LogP contribution in [0, 0.1) is 0 Å². The van der Waals surface area contributed by atoms with Gasteiger partial charge in [0.2, 0.25) is 5.91 Å². The predicted octanol–water partition coefficient (Wildman–Crippen LogP) is 3.81. The Kier molecular flexibility index (Phi) is 6.75. The molecule has 3 rings (SSSR count). The molecule has 2 amide bonds. The van der Waals surface area contributed by atoms with Crippen LogP contribution in [0.1, 0.15) is 20.1 Å². The number of nitrogens with zero attached hydrogens (tertiary/aromatic N) is 1. The number of hydrogen-bond acceptors (Lipinski definition) is 5. The van der Waals surface area contributed by atoms with Crippen molar-refractivity contribution in [1.82, 2.24) is 10.2 Å². The lowest BCUT2D eigenvalue weighted by molar-refractivity contribution is -0.117. The molecule has 140 valence electrons. The largest absolute Gasteiger partial charge is 0.355 e. The molecule has 0 unspecified atom stereocenters. The summed E-state index contributed by atoms with van der Waals surface area (Å²) in [6.07, 6.45) is 0. The minimum atomic E-state index is -0.178. The quantitative estimate of drug-likeness (QED) is 0.605. The fourth-order valence-corrected chi connectivity index (χ4v) is 4.19. The lowest BCUT2D eigenvalue weighted by Gasteiger charge is -2.20. The molecule has 27 heavy (non-hydrogen) atoms. The molecule has 7 heteroatoms. The van der Waals surface area contributed by atoms with Crippen LogP contribution in [0.2, 0.25) is 0 Å². The highest BCUT2D eigenvalue weighted by Crippen LogP contribution is 2.17. The van der Waals surface area contributed by atoms with E-state index in [0.717, 1.165) is 13.1 Å². The fraction of sp³-hybridized carbons (Fsp3) is 0.200. The fourth-order valence-electron chi connectivity index (χ4n) is 2.70. The first-order chi connectivity index (χ1) is 13.1. The van der Waals surface area contributed by atoms with Gasteiger partial charge in [0.15, 0.2) is 0 Å². The van der Waals surface area contributed by atoms with E-state index in [1.54, 1.807) is 54.0 Å². The van der Waals surface area contributed by atoms with Crippen molar-refractivity contribution in [3.8, 4) is 0 Å². The zero-order chi connectivity index (χ0) is 19.1. The van der Waals surface area contributed by atoms with Crippen molar-refractivity contribution in [2.75, 3.05) is 18.9 Å². The number of thiophene rings is 2. The van der Waals surface area contributed by atoms with Crippen LogP contribution in [0.5, 0.6) is 0 Å². The number of anilines is 1. The summed E-state index contributed by atoms with van der Waals surface area (Å²) in [7, 11) is 1.58. The van der Waals surface area contributed by atoms with E-state index < -0.39 is 0 Å². The number of benzene rings is 1. The molecule has 3 aromatic rings. The molecule has 2 aromatic heterocycles. The molecule has 0 spiro atoms. The first-order valence-electron chi connectivity index (χ1n) is 8.53. The smallest absolute Gasteiger partial charge is 0.251 e. The van der Waals surface area contributed by atoms with Crippen molar-refractivity contribution in [3.05, 3.63) is 74.6 Å². The monoisotopic (exact) mass is 399 g/mol. The minimum Gasteiger partial charge on any atom is -0.355 e. The van der Waals surface area contributed by atoms with Gasteiger partial charge < -0.3 is 10.6 Å². The van der Waals surface area contributed by atoms with Crippen molar-refractivity contribution in [3.63, 3.8) is 0 Å². The van der Waals surface area contributed by atoms with Crippen LogP contribution in [-0.4, -0.2) is 30.3 Å². The Morgan fingerprint density at radius 1 is 0.963 bits per heavy atom. The number of rotatable bonds is 8. The molecule has 0 aliphatic rings. The number of amides is 2. The van der Waals surface area contributed by atoms with Crippen molar-refractivity contribution in [2.24, 2.45) is 0 Å². The van der Waals surface area contributed by atoms with E-state index in [1.807, 2.05) is 22.9 Å². The van der Waals surface area contributed by atoms with Gasteiger partial charge in [-0.3, -0.25) is 14.5 Å². The van der Waals surface area contributed by atoms with E-state index in [2.05, 4.69) is 27.7 Å². The Morgan fingerprint density at radius 3 is 2.19 bits per heavy atom. The number of carbonyl (C=O) groups is 2. The molecule has 5 nitrogen and oxygen atoms in total. The Morgan fingerprint density at radius 2 is 1.63 bits per heavy atom. The average Bonchev–Trinajstić information content (AvgIpc) is 3.35. The first kappa shape index (κ1) is 19.3. The third-order valence-corrected chi connectivity index (χ3v) is 5.64. The van der Waals surface area contributed by atoms with Crippen LogP contribution in [0.15, 0.2) is 59.3 Å². The van der Waals surface area contributed by atoms with Gasteiger partial charge in [0, 0.05) is 41.1 Å². The Balaban J connectivity index is 1.65. The van der Waals surface area contributed by atoms with Gasteiger partial charge in [0.05, 0.1) is 6.54 Å². The maximum atomic E-state index is 12.6. The SMILES string of the molecule is CNC(=O)c1cccc(NC(=O)CN(Cc2cccs2)Cc2cccs2)c1. The maximum Gasteiger partial charge on any atom is 0.251 e. The molecule has 2 N–H and O–H groups in total. The summed E-state index contributed by atoms with van der Waals surface area (Å²) in [5.41, 5.74) is 1.14. The molecule has 0 radical (unpaired) electrons. The summed E-state index contributed by atoms with van der Waals surface area (Å²) in [4.78, 5) is 28.9. The number of carbonyl (C=O) groups excluding carboxylic acids is 2. The van der Waals surface area contributed by atoms with Gasteiger partial charge in [-0.2, -0.15) is 0 Å². The van der Waals surface area contributed by atoms with Crippen molar-refractivity contribution in [1.29, 1.82) is 0 Å². The molecule has 0 saturated heterocycles. The second-order valence-electron chi connectivity index (χ2n) is 6.01. The lowest BCUT2D eigenvalue weighted by Crippen LogP contribution is -2.32. The van der Waals surface area contributed by atoms with Gasteiger partial charge in [-0.1, -0.05) is 18.2 Å². The van der Waals surface area contributed by atoms with Crippen molar-refractivity contribution < 1.29 is 9.59 Å². The van der Waals surface area contributed by atoms with E-state index in [-0.39, 0.29) is 18.4 Å². The van der Waals surface area contributed by atoms with E-state index in [0.29, 0.717) is 11.3 Å². The molecular formula is C20H21N3O2S2. The molecule has 0 saturated carbocycles. The van der Waals surface area contributed by atoms with E-state index in [4.69, 9.17) is 0 Å². The minimum absolute atomic E-state index is 0.0998. The molecule has 0 aliphatic carbocycles. The lowest BCUT2D eigenvalue weighted by atomic mass is 10.2. The normalized spacial score (nSPS) is 10.7. The maximum absolute atomic E-state index is 12.6. The standard InChI is InChI=1S/C20H21N3O2S2/c1-21-20(25)15-5-2-6-16(11-15)22-19(24)14-23(12-17-7-3-9-26-17)13-18-8-4-10-27-18/h2-11H,12-14H2,1H3,(H,21,25)(H,22,24). The van der Waals surface area contributed by atoms with E-state index >= 15 is 0 Å². The van der Waals surface area contributed by atoms with E-state index in [9.17, 15) is 9.59 Å². The van der Waals surface area contributed by atoms with Gasteiger partial charge in [-0.25, -0.2) is 0 Å². The third kappa shape index (κ3) is 5.75. The Bertz CT molecular complexity index is 840. The predicted molar refractivity (Wildman–Crippen MR) is 111 cm³/mol. The second-order valence-corrected chi connectivity index (χ2v) is 8.08. The molecular weight excluding hydrogens is 378 g/mol. The topological polar surface area (TPSA) is 61.4 Å². The van der Waals surface area contributed by atoms with Crippen LogP contribution in [0.25, 0.3) is 0 Å². The van der Waals surface area contributed by atoms with Gasteiger partial charge in [-0.05, 0) is 41.1 Å². The highest BCUT2D eigenvalue weighted by atomic mass is 32.1. The zero-order valence-corrected chi connectivity index (χ0v) is 16.6. The first-order valence-corrected chi connectivity index (χ1v) is 10.3. The van der Waals surface area contributed by atoms with Crippen LogP contribution in [0.4, 0.5) is 5.69 Å². The molecule has 1 aromatic carbocycles. The van der Waals surface area contributed by atoms with Crippen molar-refractivity contribution in [2.45, 2.75) is 13.1 Å². The van der Waals surface area contributed by atoms with Gasteiger partial charge in [0.25, 0.3) is 5.91 Å². The van der Waals surface area contributed by atoms with Crippen LogP contribution in [-0.2, 0) is 17.9 Å². The molecule has 0 bridgehead atoms. The summed E-state index contributed by atoms with van der Waals surface area (Å²) in [6.45, 7) is 1.72. The van der Waals surface area contributed by atoms with E-state index in [1.165, 1.54) is 9.75 Å². The number of hydrogen-bond donors (Lipinski definition) is 2. The van der Waals surface area contributed by atoms with Crippen LogP contribution >= 0.6 is 22.7 Å². The highest BCUT2D eigenvalue weighted by Gasteiger charge is 2.14. The average molecular weight is 400 g/mol. The molecule has 2 heterocycles.